The van der Waals surface area contributed by atoms with Crippen molar-refractivity contribution in [1.82, 2.24) is 5.32 Å². The Morgan fingerprint density at radius 2 is 2.09 bits per heavy atom. The number of hydrogen-bond acceptors (Lipinski definition) is 3. The summed E-state index contributed by atoms with van der Waals surface area (Å²) in [5, 5.41) is 12.2. The Labute approximate surface area is 137 Å². The Bertz CT molecular complexity index is 582. The minimum atomic E-state index is -1.05. The molecule has 23 heavy (non-hydrogen) atoms. The number of hydrogen-bond donors (Lipinski definition) is 2. The van der Waals surface area contributed by atoms with Crippen molar-refractivity contribution in [2.75, 3.05) is 6.61 Å². The molecular formula is C18H25NO4. The number of benzene rings is 1. The van der Waals surface area contributed by atoms with Crippen molar-refractivity contribution in [3.8, 4) is 5.75 Å². The molecule has 2 rings (SSSR count). The summed E-state index contributed by atoms with van der Waals surface area (Å²) in [4.78, 5) is 24.1. The number of aliphatic carboxylic acids is 1. The van der Waals surface area contributed by atoms with Gasteiger partial charge in [0.05, 0.1) is 6.61 Å². The maximum Gasteiger partial charge on any atom is 0.330 e. The van der Waals surface area contributed by atoms with Crippen molar-refractivity contribution in [2.45, 2.75) is 46.1 Å². The quantitative estimate of drug-likeness (QED) is 0.810. The Morgan fingerprint density at radius 1 is 1.35 bits per heavy atom. The van der Waals surface area contributed by atoms with E-state index >= 15 is 0 Å². The van der Waals surface area contributed by atoms with E-state index in [-0.39, 0.29) is 17.7 Å². The number of rotatable bonds is 7. The number of carboxylic acid groups (broad SMARTS) is 1. The number of nitrogens with one attached hydrogen (secondary N) is 1. The van der Waals surface area contributed by atoms with Gasteiger partial charge in [0.15, 0.2) is 6.04 Å². The first kappa shape index (κ1) is 17.3. The van der Waals surface area contributed by atoms with Crippen LogP contribution in [-0.2, 0) is 16.0 Å². The van der Waals surface area contributed by atoms with Crippen molar-refractivity contribution < 1.29 is 19.4 Å². The first-order valence-electron chi connectivity index (χ1n) is 8.22. The molecule has 1 amide bonds. The molecule has 2 N–H and O–H groups in total. The van der Waals surface area contributed by atoms with Crippen LogP contribution in [-0.4, -0.2) is 23.6 Å². The SMILES string of the molecule is CCCC(C(=O)NC(C(=O)O)c1ccc2c(c1)CCO2)C(C)C. The number of carbonyl (C=O) groups is 2. The zero-order valence-corrected chi connectivity index (χ0v) is 14.0. The Morgan fingerprint density at radius 3 is 2.70 bits per heavy atom. The van der Waals surface area contributed by atoms with E-state index in [4.69, 9.17) is 4.74 Å². The predicted molar refractivity (Wildman–Crippen MR) is 87.4 cm³/mol. The van der Waals surface area contributed by atoms with Crippen LogP contribution >= 0.6 is 0 Å². The molecule has 5 nitrogen and oxygen atoms in total. The van der Waals surface area contributed by atoms with Gasteiger partial charge in [-0.15, -0.1) is 0 Å². The highest BCUT2D eigenvalue weighted by molar-refractivity contribution is 5.86. The van der Waals surface area contributed by atoms with E-state index < -0.39 is 12.0 Å². The number of carbonyl (C=O) groups excluding carboxylic acids is 1. The lowest BCUT2D eigenvalue weighted by Gasteiger charge is -2.23. The molecule has 0 spiro atoms. The van der Waals surface area contributed by atoms with Gasteiger partial charge in [0, 0.05) is 12.3 Å². The van der Waals surface area contributed by atoms with E-state index in [0.29, 0.717) is 12.2 Å². The topological polar surface area (TPSA) is 75.6 Å². The third kappa shape index (κ3) is 4.03. The second-order valence-electron chi connectivity index (χ2n) is 6.38. The van der Waals surface area contributed by atoms with E-state index in [1.807, 2.05) is 26.8 Å². The van der Waals surface area contributed by atoms with Crippen molar-refractivity contribution in [3.63, 3.8) is 0 Å². The van der Waals surface area contributed by atoms with Crippen LogP contribution in [0.2, 0.25) is 0 Å². The van der Waals surface area contributed by atoms with E-state index in [1.54, 1.807) is 12.1 Å². The average Bonchev–Trinajstić information content (AvgIpc) is 2.96. The van der Waals surface area contributed by atoms with E-state index in [9.17, 15) is 14.7 Å². The van der Waals surface area contributed by atoms with Gasteiger partial charge in [-0.3, -0.25) is 4.79 Å². The number of carboxylic acids is 1. The summed E-state index contributed by atoms with van der Waals surface area (Å²) in [7, 11) is 0. The molecule has 0 radical (unpaired) electrons. The molecule has 0 bridgehead atoms. The molecule has 0 fully saturated rings. The summed E-state index contributed by atoms with van der Waals surface area (Å²) >= 11 is 0. The van der Waals surface area contributed by atoms with Gasteiger partial charge in [-0.05, 0) is 35.6 Å². The lowest BCUT2D eigenvalue weighted by molar-refractivity contribution is -0.143. The highest BCUT2D eigenvalue weighted by Crippen LogP contribution is 2.29. The molecule has 1 aliphatic heterocycles. The summed E-state index contributed by atoms with van der Waals surface area (Å²) in [6, 6.07) is 4.30. The Kier molecular flexibility index (Phi) is 5.64. The molecule has 1 heterocycles. The van der Waals surface area contributed by atoms with Gasteiger partial charge in [-0.25, -0.2) is 4.79 Å². The van der Waals surface area contributed by atoms with Crippen LogP contribution in [0.25, 0.3) is 0 Å². The summed E-state index contributed by atoms with van der Waals surface area (Å²) in [5.74, 6) is -0.421. The standard InChI is InChI=1S/C18H25NO4/c1-4-5-14(11(2)3)17(20)19-16(18(21)22)13-6-7-15-12(10-13)8-9-23-15/h6-7,10-11,14,16H,4-5,8-9H2,1-3H3,(H,19,20)(H,21,22). The third-order valence-corrected chi connectivity index (χ3v) is 4.32. The monoisotopic (exact) mass is 319 g/mol. The fourth-order valence-corrected chi connectivity index (χ4v) is 3.00. The second kappa shape index (κ2) is 7.49. The van der Waals surface area contributed by atoms with Gasteiger partial charge in [0.2, 0.25) is 5.91 Å². The smallest absolute Gasteiger partial charge is 0.330 e. The molecule has 0 aliphatic carbocycles. The number of fused-ring (bicyclic) bond motifs is 1. The minimum absolute atomic E-state index is 0.167. The average molecular weight is 319 g/mol. The van der Waals surface area contributed by atoms with Gasteiger partial charge in [0.1, 0.15) is 5.75 Å². The molecule has 0 saturated carbocycles. The summed E-state index contributed by atoms with van der Waals surface area (Å²) in [6.07, 6.45) is 2.42. The van der Waals surface area contributed by atoms with Gasteiger partial charge >= 0.3 is 5.97 Å². The van der Waals surface area contributed by atoms with Crippen LogP contribution in [0.1, 0.15) is 50.8 Å². The second-order valence-corrected chi connectivity index (χ2v) is 6.38. The van der Waals surface area contributed by atoms with Gasteiger partial charge in [0.25, 0.3) is 0 Å². The summed E-state index contributed by atoms with van der Waals surface area (Å²) in [5.41, 5.74) is 1.59. The van der Waals surface area contributed by atoms with Crippen LogP contribution in [0.5, 0.6) is 5.75 Å². The molecule has 2 atom stereocenters. The molecule has 1 aromatic carbocycles. The summed E-state index contributed by atoms with van der Waals surface area (Å²) < 4.78 is 5.44. The van der Waals surface area contributed by atoms with Crippen LogP contribution in [0.3, 0.4) is 0 Å². The molecule has 126 valence electrons. The molecule has 1 aromatic rings. The van der Waals surface area contributed by atoms with E-state index in [1.165, 1.54) is 0 Å². The van der Waals surface area contributed by atoms with Crippen LogP contribution in [0, 0.1) is 11.8 Å². The molecule has 0 saturated heterocycles. The van der Waals surface area contributed by atoms with Crippen molar-refractivity contribution >= 4 is 11.9 Å². The zero-order chi connectivity index (χ0) is 17.0. The highest BCUT2D eigenvalue weighted by atomic mass is 16.5. The van der Waals surface area contributed by atoms with Gasteiger partial charge in [-0.1, -0.05) is 33.3 Å². The van der Waals surface area contributed by atoms with Gasteiger partial charge < -0.3 is 15.2 Å². The predicted octanol–water partition coefficient (Wildman–Crippen LogP) is 2.94. The normalized spacial score (nSPS) is 15.7. The number of amides is 1. The Hall–Kier alpha value is -2.04. The molecule has 1 aliphatic rings. The lowest BCUT2D eigenvalue weighted by Crippen LogP contribution is -2.39. The first-order chi connectivity index (χ1) is 10.9. The largest absolute Gasteiger partial charge is 0.493 e. The minimum Gasteiger partial charge on any atom is -0.493 e. The highest BCUT2D eigenvalue weighted by Gasteiger charge is 2.28. The first-order valence-corrected chi connectivity index (χ1v) is 8.22. The summed E-state index contributed by atoms with van der Waals surface area (Å²) in [6.45, 7) is 6.62. The maximum atomic E-state index is 12.5. The molecule has 0 aromatic heterocycles. The number of ether oxygens (including phenoxy) is 1. The van der Waals surface area contributed by atoms with Crippen LogP contribution in [0.4, 0.5) is 0 Å². The van der Waals surface area contributed by atoms with Gasteiger partial charge in [-0.2, -0.15) is 0 Å². The van der Waals surface area contributed by atoms with Crippen molar-refractivity contribution in [1.29, 1.82) is 0 Å². The Balaban J connectivity index is 2.18. The van der Waals surface area contributed by atoms with Crippen LogP contribution < -0.4 is 10.1 Å². The fraction of sp³-hybridized carbons (Fsp3) is 0.556. The van der Waals surface area contributed by atoms with Crippen molar-refractivity contribution in [2.24, 2.45) is 11.8 Å². The lowest BCUT2D eigenvalue weighted by atomic mass is 9.90. The van der Waals surface area contributed by atoms with E-state index in [0.717, 1.165) is 30.6 Å². The maximum absolute atomic E-state index is 12.5. The molecular weight excluding hydrogens is 294 g/mol. The molecule has 5 heteroatoms. The van der Waals surface area contributed by atoms with Crippen molar-refractivity contribution in [3.05, 3.63) is 29.3 Å². The van der Waals surface area contributed by atoms with Crippen LogP contribution in [0.15, 0.2) is 18.2 Å². The molecule has 2 unspecified atom stereocenters. The third-order valence-electron chi connectivity index (χ3n) is 4.32. The zero-order valence-electron chi connectivity index (χ0n) is 14.0. The fourth-order valence-electron chi connectivity index (χ4n) is 3.00. The van der Waals surface area contributed by atoms with E-state index in [2.05, 4.69) is 5.32 Å².